The van der Waals surface area contributed by atoms with Gasteiger partial charge in [0.15, 0.2) is 0 Å². The molecule has 1 heterocycles. The van der Waals surface area contributed by atoms with Gasteiger partial charge in [-0.2, -0.15) is 0 Å². The van der Waals surface area contributed by atoms with E-state index >= 15 is 0 Å². The number of aryl methyl sites for hydroxylation is 1. The highest BCUT2D eigenvalue weighted by Gasteiger charge is 2.05. The summed E-state index contributed by atoms with van der Waals surface area (Å²) >= 11 is 1.75. The van der Waals surface area contributed by atoms with Gasteiger partial charge in [0.2, 0.25) is 0 Å². The molecule has 1 unspecified atom stereocenters. The normalized spacial score (nSPS) is 12.6. The third kappa shape index (κ3) is 3.38. The summed E-state index contributed by atoms with van der Waals surface area (Å²) in [4.78, 5) is 4.55. The van der Waals surface area contributed by atoms with E-state index in [1.165, 1.54) is 10.6 Å². The van der Waals surface area contributed by atoms with Gasteiger partial charge in [-0.05, 0) is 18.9 Å². The van der Waals surface area contributed by atoms with Crippen molar-refractivity contribution in [2.24, 2.45) is 0 Å². The van der Waals surface area contributed by atoms with Gasteiger partial charge >= 0.3 is 0 Å². The van der Waals surface area contributed by atoms with E-state index in [4.69, 9.17) is 0 Å². The van der Waals surface area contributed by atoms with Gasteiger partial charge in [0.1, 0.15) is 0 Å². The number of aromatic nitrogens is 1. The lowest BCUT2D eigenvalue weighted by Crippen LogP contribution is -2.18. The molecule has 0 saturated heterocycles. The van der Waals surface area contributed by atoms with Gasteiger partial charge in [-0.25, -0.2) is 4.98 Å². The van der Waals surface area contributed by atoms with Crippen LogP contribution >= 0.6 is 11.3 Å². The maximum absolute atomic E-state index is 4.55. The molecule has 0 aliphatic carbocycles. The molecule has 1 aromatic carbocycles. The number of rotatable bonds is 5. The molecule has 3 heteroatoms. The van der Waals surface area contributed by atoms with Crippen LogP contribution < -0.4 is 5.32 Å². The average Bonchev–Trinajstić information content (AvgIpc) is 2.85. The summed E-state index contributed by atoms with van der Waals surface area (Å²) in [6.45, 7) is 5.16. The van der Waals surface area contributed by atoms with Crippen LogP contribution in [-0.4, -0.2) is 4.98 Å². The molecule has 2 nitrogen and oxygen atoms in total. The molecule has 1 aromatic heterocycles. The Bertz CT molecular complexity index is 450. The summed E-state index contributed by atoms with van der Waals surface area (Å²) in [5.74, 6) is 0. The summed E-state index contributed by atoms with van der Waals surface area (Å²) in [6, 6.07) is 10.9. The minimum absolute atomic E-state index is 0.364. The van der Waals surface area contributed by atoms with Crippen LogP contribution in [0.4, 0.5) is 0 Å². The molecular weight excluding hydrogens is 228 g/mol. The van der Waals surface area contributed by atoms with Crippen molar-refractivity contribution in [3.8, 4) is 0 Å². The van der Waals surface area contributed by atoms with E-state index < -0.39 is 0 Å². The van der Waals surface area contributed by atoms with Crippen LogP contribution in [0.3, 0.4) is 0 Å². The van der Waals surface area contributed by atoms with Crippen molar-refractivity contribution in [1.82, 2.24) is 10.3 Å². The van der Waals surface area contributed by atoms with Gasteiger partial charge in [-0.15, -0.1) is 11.3 Å². The van der Waals surface area contributed by atoms with Gasteiger partial charge < -0.3 is 5.32 Å². The highest BCUT2D eigenvalue weighted by atomic mass is 32.1. The second kappa shape index (κ2) is 5.94. The first-order chi connectivity index (χ1) is 8.29. The summed E-state index contributed by atoms with van der Waals surface area (Å²) in [6.07, 6.45) is 1.03. The molecule has 0 bridgehead atoms. The smallest absolute Gasteiger partial charge is 0.0926 e. The molecule has 2 aromatic rings. The molecule has 0 amide bonds. The monoisotopic (exact) mass is 246 g/mol. The Hall–Kier alpha value is -1.19. The predicted octanol–water partition coefficient (Wildman–Crippen LogP) is 3.56. The van der Waals surface area contributed by atoms with Crippen LogP contribution in [0.1, 0.15) is 36.2 Å². The first-order valence-electron chi connectivity index (χ1n) is 6.01. The zero-order chi connectivity index (χ0) is 12.1. The number of thiazole rings is 1. The van der Waals surface area contributed by atoms with Gasteiger partial charge in [0.05, 0.1) is 10.7 Å². The predicted molar refractivity (Wildman–Crippen MR) is 73.2 cm³/mol. The Kier molecular flexibility index (Phi) is 4.29. The van der Waals surface area contributed by atoms with Crippen molar-refractivity contribution in [3.05, 3.63) is 52.0 Å². The van der Waals surface area contributed by atoms with Crippen LogP contribution in [0.25, 0.3) is 0 Å². The maximum atomic E-state index is 4.55. The summed E-state index contributed by atoms with van der Waals surface area (Å²) < 4.78 is 0. The molecule has 90 valence electrons. The van der Waals surface area contributed by atoms with E-state index in [1.807, 2.05) is 6.07 Å². The highest BCUT2D eigenvalue weighted by molar-refractivity contribution is 7.09. The Morgan fingerprint density at radius 1 is 1.29 bits per heavy atom. The third-order valence-corrected chi connectivity index (χ3v) is 3.83. The SMILES string of the molecule is CCc1nc(CNC(C)c2ccccc2)cs1. The lowest BCUT2D eigenvalue weighted by molar-refractivity contribution is 0.568. The van der Waals surface area contributed by atoms with Crippen LogP contribution in [0, 0.1) is 0 Å². The van der Waals surface area contributed by atoms with E-state index in [9.17, 15) is 0 Å². The first kappa shape index (κ1) is 12.3. The maximum Gasteiger partial charge on any atom is 0.0926 e. The molecule has 2 rings (SSSR count). The fourth-order valence-electron chi connectivity index (χ4n) is 1.71. The van der Waals surface area contributed by atoms with Crippen LogP contribution in [0.15, 0.2) is 35.7 Å². The van der Waals surface area contributed by atoms with E-state index in [-0.39, 0.29) is 0 Å². The Labute approximate surface area is 107 Å². The number of nitrogens with one attached hydrogen (secondary N) is 1. The van der Waals surface area contributed by atoms with Crippen molar-refractivity contribution < 1.29 is 0 Å². The van der Waals surface area contributed by atoms with Gasteiger partial charge in [0.25, 0.3) is 0 Å². The average molecular weight is 246 g/mol. The first-order valence-corrected chi connectivity index (χ1v) is 6.89. The molecular formula is C14H18N2S. The highest BCUT2D eigenvalue weighted by Crippen LogP contribution is 2.14. The zero-order valence-corrected chi connectivity index (χ0v) is 11.1. The minimum atomic E-state index is 0.364. The van der Waals surface area contributed by atoms with Crippen molar-refractivity contribution in [1.29, 1.82) is 0 Å². The molecule has 0 aliphatic heterocycles. The lowest BCUT2D eigenvalue weighted by Gasteiger charge is -2.12. The Morgan fingerprint density at radius 3 is 2.71 bits per heavy atom. The van der Waals surface area contributed by atoms with Gasteiger partial charge in [-0.3, -0.25) is 0 Å². The van der Waals surface area contributed by atoms with Crippen LogP contribution in [0.2, 0.25) is 0 Å². The third-order valence-electron chi connectivity index (χ3n) is 2.79. The van der Waals surface area contributed by atoms with Crippen molar-refractivity contribution in [2.45, 2.75) is 32.9 Å². The van der Waals surface area contributed by atoms with Gasteiger partial charge in [-0.1, -0.05) is 37.3 Å². The second-order valence-electron chi connectivity index (χ2n) is 4.10. The van der Waals surface area contributed by atoms with Crippen molar-refractivity contribution >= 4 is 11.3 Å². The van der Waals surface area contributed by atoms with Crippen LogP contribution in [-0.2, 0) is 13.0 Å². The zero-order valence-electron chi connectivity index (χ0n) is 10.3. The standard InChI is InChI=1S/C14H18N2S/c1-3-14-16-13(10-17-14)9-15-11(2)12-7-5-4-6-8-12/h4-8,10-11,15H,3,9H2,1-2H3. The number of hydrogen-bond acceptors (Lipinski definition) is 3. The minimum Gasteiger partial charge on any atom is -0.305 e. The molecule has 0 saturated carbocycles. The molecule has 0 fully saturated rings. The summed E-state index contributed by atoms with van der Waals surface area (Å²) in [5, 5.41) is 6.86. The molecule has 0 radical (unpaired) electrons. The van der Waals surface area contributed by atoms with Gasteiger partial charge in [0, 0.05) is 18.0 Å². The van der Waals surface area contributed by atoms with E-state index in [1.54, 1.807) is 11.3 Å². The largest absolute Gasteiger partial charge is 0.305 e. The molecule has 0 aliphatic rings. The number of benzene rings is 1. The van der Waals surface area contributed by atoms with Crippen molar-refractivity contribution in [2.75, 3.05) is 0 Å². The lowest BCUT2D eigenvalue weighted by atomic mass is 10.1. The number of nitrogens with zero attached hydrogens (tertiary/aromatic N) is 1. The topological polar surface area (TPSA) is 24.9 Å². The quantitative estimate of drug-likeness (QED) is 0.872. The molecule has 1 atom stereocenters. The van der Waals surface area contributed by atoms with Crippen LogP contribution in [0.5, 0.6) is 0 Å². The Morgan fingerprint density at radius 2 is 2.06 bits per heavy atom. The second-order valence-corrected chi connectivity index (χ2v) is 5.04. The fraction of sp³-hybridized carbons (Fsp3) is 0.357. The molecule has 1 N–H and O–H groups in total. The molecule has 0 spiro atoms. The summed E-state index contributed by atoms with van der Waals surface area (Å²) in [5.41, 5.74) is 2.47. The Balaban J connectivity index is 1.90. The van der Waals surface area contributed by atoms with E-state index in [0.717, 1.165) is 18.7 Å². The fourth-order valence-corrected chi connectivity index (χ4v) is 2.45. The molecule has 17 heavy (non-hydrogen) atoms. The number of hydrogen-bond donors (Lipinski definition) is 1. The van der Waals surface area contributed by atoms with E-state index in [0.29, 0.717) is 6.04 Å². The van der Waals surface area contributed by atoms with E-state index in [2.05, 4.69) is 53.8 Å². The summed E-state index contributed by atoms with van der Waals surface area (Å²) in [7, 11) is 0. The van der Waals surface area contributed by atoms with Crippen molar-refractivity contribution in [3.63, 3.8) is 0 Å².